The van der Waals surface area contributed by atoms with E-state index in [4.69, 9.17) is 23.2 Å². The van der Waals surface area contributed by atoms with Crippen LogP contribution in [0.4, 0.5) is 5.13 Å². The van der Waals surface area contributed by atoms with Gasteiger partial charge in [0.05, 0.1) is 10.0 Å². The lowest BCUT2D eigenvalue weighted by molar-refractivity contribution is -0.112. The van der Waals surface area contributed by atoms with Crippen LogP contribution >= 0.6 is 45.9 Å². The smallest absolute Gasteiger partial charge is 0.268 e. The Balaban J connectivity index is 1.68. The van der Waals surface area contributed by atoms with Gasteiger partial charge in [0, 0.05) is 22.4 Å². The molecule has 1 N–H and O–H groups in total. The van der Waals surface area contributed by atoms with Crippen LogP contribution in [-0.2, 0) is 11.2 Å². The molecule has 0 spiro atoms. The summed E-state index contributed by atoms with van der Waals surface area (Å²) in [7, 11) is 0. The minimum absolute atomic E-state index is 0.0358. The summed E-state index contributed by atoms with van der Waals surface area (Å²) in [5, 5.41) is 15.2. The standard InChI is InChI=1S/C18H11Cl2N3OS2/c19-15-4-3-11(7-16(15)20)6-14-10-22-18(26-14)23-17(24)12(9-21)8-13-2-1-5-25-13/h1-5,7-8,10H,6H2,(H,22,23,24)/b12-8+. The maximum atomic E-state index is 12.3. The molecule has 0 atom stereocenters. The third kappa shape index (κ3) is 4.71. The highest BCUT2D eigenvalue weighted by atomic mass is 35.5. The number of carbonyl (C=O) groups is 1. The van der Waals surface area contributed by atoms with Crippen LogP contribution in [0.5, 0.6) is 0 Å². The van der Waals surface area contributed by atoms with Crippen molar-refractivity contribution in [1.29, 1.82) is 5.26 Å². The highest BCUT2D eigenvalue weighted by molar-refractivity contribution is 7.15. The Hall–Kier alpha value is -2.17. The molecule has 1 amide bonds. The Morgan fingerprint density at radius 1 is 1.31 bits per heavy atom. The number of aromatic nitrogens is 1. The van der Waals surface area contributed by atoms with Gasteiger partial charge in [-0.25, -0.2) is 4.98 Å². The van der Waals surface area contributed by atoms with Crippen LogP contribution in [0, 0.1) is 11.3 Å². The zero-order chi connectivity index (χ0) is 18.5. The van der Waals surface area contributed by atoms with E-state index in [-0.39, 0.29) is 5.57 Å². The molecule has 130 valence electrons. The molecule has 0 aliphatic rings. The van der Waals surface area contributed by atoms with Gasteiger partial charge in [0.25, 0.3) is 5.91 Å². The maximum Gasteiger partial charge on any atom is 0.268 e. The van der Waals surface area contributed by atoms with Crippen molar-refractivity contribution in [3.05, 3.63) is 72.8 Å². The van der Waals surface area contributed by atoms with Gasteiger partial charge in [-0.1, -0.05) is 35.3 Å². The number of thiophene rings is 1. The number of thiazole rings is 1. The Morgan fingerprint density at radius 2 is 2.15 bits per heavy atom. The average molecular weight is 420 g/mol. The van der Waals surface area contributed by atoms with Crippen LogP contribution in [0.2, 0.25) is 10.0 Å². The minimum atomic E-state index is -0.476. The van der Waals surface area contributed by atoms with Crippen molar-refractivity contribution in [2.75, 3.05) is 5.32 Å². The monoisotopic (exact) mass is 419 g/mol. The van der Waals surface area contributed by atoms with Crippen molar-refractivity contribution in [2.45, 2.75) is 6.42 Å². The Kier molecular flexibility index (Phi) is 6.07. The predicted octanol–water partition coefficient (Wildman–Crippen LogP) is 5.65. The summed E-state index contributed by atoms with van der Waals surface area (Å²) in [6.07, 6.45) is 3.88. The average Bonchev–Trinajstić information content (AvgIpc) is 3.28. The second kappa shape index (κ2) is 8.47. The van der Waals surface area contributed by atoms with E-state index in [1.807, 2.05) is 29.6 Å². The molecule has 0 aliphatic heterocycles. The molecule has 0 aliphatic carbocycles. The van der Waals surface area contributed by atoms with Gasteiger partial charge >= 0.3 is 0 Å². The summed E-state index contributed by atoms with van der Waals surface area (Å²) < 4.78 is 0. The number of hydrogen-bond acceptors (Lipinski definition) is 5. The summed E-state index contributed by atoms with van der Waals surface area (Å²) in [6, 6.07) is 11.1. The largest absolute Gasteiger partial charge is 0.297 e. The molecule has 0 saturated heterocycles. The van der Waals surface area contributed by atoms with Gasteiger partial charge in [-0.3, -0.25) is 10.1 Å². The summed E-state index contributed by atoms with van der Waals surface area (Å²) >= 11 is 14.8. The van der Waals surface area contributed by atoms with Crippen LogP contribution in [0.25, 0.3) is 6.08 Å². The summed E-state index contributed by atoms with van der Waals surface area (Å²) in [4.78, 5) is 18.3. The van der Waals surface area contributed by atoms with Gasteiger partial charge in [-0.2, -0.15) is 5.26 Å². The first kappa shape index (κ1) is 18.6. The number of amides is 1. The lowest BCUT2D eigenvalue weighted by atomic mass is 10.1. The van der Waals surface area contributed by atoms with E-state index in [1.54, 1.807) is 24.4 Å². The Labute approximate surface area is 168 Å². The SMILES string of the molecule is N#C/C(=C\c1cccs1)C(=O)Nc1ncc(Cc2ccc(Cl)c(Cl)c2)s1. The number of nitrogens with zero attached hydrogens (tertiary/aromatic N) is 2. The van der Waals surface area contributed by atoms with E-state index >= 15 is 0 Å². The number of halogens is 2. The lowest BCUT2D eigenvalue weighted by Gasteiger charge is -2.01. The van der Waals surface area contributed by atoms with Gasteiger partial charge in [-0.05, 0) is 35.2 Å². The van der Waals surface area contributed by atoms with Crippen LogP contribution in [0.1, 0.15) is 15.3 Å². The molecule has 0 fully saturated rings. The molecule has 4 nitrogen and oxygen atoms in total. The van der Waals surface area contributed by atoms with Crippen LogP contribution in [0.15, 0.2) is 47.5 Å². The number of carbonyl (C=O) groups excluding carboxylic acids is 1. The third-order valence-electron chi connectivity index (χ3n) is 3.33. The normalized spacial score (nSPS) is 11.2. The highest BCUT2D eigenvalue weighted by Gasteiger charge is 2.12. The van der Waals surface area contributed by atoms with Gasteiger partial charge in [-0.15, -0.1) is 22.7 Å². The highest BCUT2D eigenvalue weighted by Crippen LogP contribution is 2.26. The van der Waals surface area contributed by atoms with Gasteiger partial charge < -0.3 is 0 Å². The Morgan fingerprint density at radius 3 is 2.85 bits per heavy atom. The topological polar surface area (TPSA) is 65.8 Å². The van der Waals surface area contributed by atoms with Crippen LogP contribution < -0.4 is 5.32 Å². The van der Waals surface area contributed by atoms with Gasteiger partial charge in [0.15, 0.2) is 5.13 Å². The molecule has 2 heterocycles. The molecular weight excluding hydrogens is 409 g/mol. The van der Waals surface area contributed by atoms with E-state index in [2.05, 4.69) is 10.3 Å². The lowest BCUT2D eigenvalue weighted by Crippen LogP contribution is -2.13. The van der Waals surface area contributed by atoms with Crippen LogP contribution in [-0.4, -0.2) is 10.9 Å². The Bertz CT molecular complexity index is 1000. The van der Waals surface area contributed by atoms with Crippen LogP contribution in [0.3, 0.4) is 0 Å². The fourth-order valence-electron chi connectivity index (χ4n) is 2.13. The number of anilines is 1. The van der Waals surface area contributed by atoms with E-state index in [9.17, 15) is 10.1 Å². The first-order valence-electron chi connectivity index (χ1n) is 7.40. The predicted molar refractivity (Wildman–Crippen MR) is 108 cm³/mol. The molecule has 0 unspecified atom stereocenters. The van der Waals surface area contributed by atoms with Crippen molar-refractivity contribution < 1.29 is 4.79 Å². The zero-order valence-electron chi connectivity index (χ0n) is 13.2. The van der Waals surface area contributed by atoms with Crippen molar-refractivity contribution in [3.8, 4) is 6.07 Å². The summed E-state index contributed by atoms with van der Waals surface area (Å²) in [6.45, 7) is 0. The van der Waals surface area contributed by atoms with Gasteiger partial charge in [0.2, 0.25) is 0 Å². The van der Waals surface area contributed by atoms with Crippen molar-refractivity contribution in [1.82, 2.24) is 4.98 Å². The molecule has 0 bridgehead atoms. The summed E-state index contributed by atoms with van der Waals surface area (Å²) in [5.41, 5.74) is 1.03. The van der Waals surface area contributed by atoms with Crippen molar-refractivity contribution in [3.63, 3.8) is 0 Å². The molecule has 0 radical (unpaired) electrons. The summed E-state index contributed by atoms with van der Waals surface area (Å²) in [5.74, 6) is -0.476. The number of nitrogens with one attached hydrogen (secondary N) is 1. The molecule has 26 heavy (non-hydrogen) atoms. The number of nitriles is 1. The molecule has 2 aromatic heterocycles. The molecule has 8 heteroatoms. The zero-order valence-corrected chi connectivity index (χ0v) is 16.3. The third-order valence-corrected chi connectivity index (χ3v) is 5.80. The number of hydrogen-bond donors (Lipinski definition) is 1. The van der Waals surface area contributed by atoms with E-state index in [0.29, 0.717) is 21.6 Å². The van der Waals surface area contributed by atoms with Gasteiger partial charge in [0.1, 0.15) is 11.6 Å². The fourth-order valence-corrected chi connectivity index (χ4v) is 3.95. The maximum absolute atomic E-state index is 12.3. The fraction of sp³-hybridized carbons (Fsp3) is 0.0556. The van der Waals surface area contributed by atoms with E-state index in [1.165, 1.54) is 22.7 Å². The molecular formula is C18H11Cl2N3OS2. The molecule has 3 aromatic rings. The van der Waals surface area contributed by atoms with Crippen molar-refractivity contribution in [2.24, 2.45) is 0 Å². The molecule has 0 saturated carbocycles. The second-order valence-electron chi connectivity index (χ2n) is 5.20. The first-order chi connectivity index (χ1) is 12.5. The quantitative estimate of drug-likeness (QED) is 0.429. The number of rotatable bonds is 5. The minimum Gasteiger partial charge on any atom is -0.297 e. The van der Waals surface area contributed by atoms with E-state index < -0.39 is 5.91 Å². The molecule has 3 rings (SSSR count). The van der Waals surface area contributed by atoms with Crippen molar-refractivity contribution >= 4 is 63.0 Å². The second-order valence-corrected chi connectivity index (χ2v) is 8.11. The number of benzene rings is 1. The first-order valence-corrected chi connectivity index (χ1v) is 9.85. The van der Waals surface area contributed by atoms with E-state index in [0.717, 1.165) is 15.3 Å². The molecule has 1 aromatic carbocycles.